The Labute approximate surface area is 109 Å². The second-order valence-corrected chi connectivity index (χ2v) is 5.46. The number of methoxy groups -OCH3 is 1. The Morgan fingerprint density at radius 3 is 2.89 bits per heavy atom. The molecule has 2 fully saturated rings. The topological polar surface area (TPSA) is 59.6 Å². The smallest absolute Gasteiger partial charge is 0.225 e. The van der Waals surface area contributed by atoms with E-state index in [1.807, 2.05) is 0 Å². The molecule has 0 radical (unpaired) electrons. The maximum absolute atomic E-state index is 12.0. The van der Waals surface area contributed by atoms with Crippen molar-refractivity contribution in [3.63, 3.8) is 0 Å². The van der Waals surface area contributed by atoms with Crippen LogP contribution in [0.15, 0.2) is 0 Å². The number of carbonyl (C=O) groups excluding carboxylic acids is 1. The van der Waals surface area contributed by atoms with Crippen molar-refractivity contribution in [1.82, 2.24) is 10.6 Å². The summed E-state index contributed by atoms with van der Waals surface area (Å²) in [5, 5.41) is 6.45. The Kier molecular flexibility index (Phi) is 4.97. The minimum Gasteiger partial charge on any atom is -0.384 e. The quantitative estimate of drug-likeness (QED) is 0.735. The molecule has 0 aliphatic carbocycles. The monoisotopic (exact) mass is 256 g/mol. The molecule has 2 aliphatic heterocycles. The molecule has 2 heterocycles. The largest absolute Gasteiger partial charge is 0.384 e. The standard InChI is InChI=1S/C13H24N2O3/c1-17-10-13(3-5-14-6-4-13)9-15-12(16)11-2-7-18-8-11/h11,14H,2-10H2,1H3,(H,15,16). The number of hydrogen-bond donors (Lipinski definition) is 2. The first kappa shape index (κ1) is 13.8. The lowest BCUT2D eigenvalue weighted by atomic mass is 9.79. The third-order valence-electron chi connectivity index (χ3n) is 4.05. The van der Waals surface area contributed by atoms with E-state index in [-0.39, 0.29) is 17.2 Å². The fourth-order valence-electron chi connectivity index (χ4n) is 2.80. The Morgan fingerprint density at radius 1 is 1.50 bits per heavy atom. The molecule has 104 valence electrons. The molecule has 5 heteroatoms. The summed E-state index contributed by atoms with van der Waals surface area (Å²) in [6.07, 6.45) is 2.97. The maximum Gasteiger partial charge on any atom is 0.225 e. The number of piperidine rings is 1. The summed E-state index contributed by atoms with van der Waals surface area (Å²) in [6.45, 7) is 4.74. The number of rotatable bonds is 5. The van der Waals surface area contributed by atoms with Crippen molar-refractivity contribution < 1.29 is 14.3 Å². The molecule has 2 rings (SSSR count). The summed E-state index contributed by atoms with van der Waals surface area (Å²) in [5.41, 5.74) is 0.106. The highest BCUT2D eigenvalue weighted by molar-refractivity contribution is 5.79. The lowest BCUT2D eigenvalue weighted by Crippen LogP contribution is -2.48. The van der Waals surface area contributed by atoms with E-state index in [4.69, 9.17) is 9.47 Å². The van der Waals surface area contributed by atoms with Crippen LogP contribution in [0.4, 0.5) is 0 Å². The van der Waals surface area contributed by atoms with Crippen LogP contribution in [-0.4, -0.2) is 52.5 Å². The molecule has 0 bridgehead atoms. The second-order valence-electron chi connectivity index (χ2n) is 5.46. The van der Waals surface area contributed by atoms with Crippen LogP contribution in [0.25, 0.3) is 0 Å². The van der Waals surface area contributed by atoms with Gasteiger partial charge in [-0.2, -0.15) is 0 Å². The summed E-state index contributed by atoms with van der Waals surface area (Å²) in [4.78, 5) is 12.0. The first-order valence-electron chi connectivity index (χ1n) is 6.81. The van der Waals surface area contributed by atoms with Gasteiger partial charge in [0.1, 0.15) is 0 Å². The van der Waals surface area contributed by atoms with Gasteiger partial charge in [0.05, 0.1) is 19.1 Å². The fourth-order valence-corrected chi connectivity index (χ4v) is 2.80. The van der Waals surface area contributed by atoms with Gasteiger partial charge in [-0.05, 0) is 32.4 Å². The predicted molar refractivity (Wildman–Crippen MR) is 68.3 cm³/mol. The zero-order valence-electron chi connectivity index (χ0n) is 11.2. The first-order valence-corrected chi connectivity index (χ1v) is 6.81. The van der Waals surface area contributed by atoms with Gasteiger partial charge in [-0.3, -0.25) is 4.79 Å². The SMILES string of the molecule is COCC1(CNC(=O)C2CCOC2)CCNCC1. The van der Waals surface area contributed by atoms with Crippen LogP contribution in [0.2, 0.25) is 0 Å². The van der Waals surface area contributed by atoms with E-state index in [0.717, 1.165) is 45.5 Å². The van der Waals surface area contributed by atoms with Crippen molar-refractivity contribution in [2.24, 2.45) is 11.3 Å². The third-order valence-corrected chi connectivity index (χ3v) is 4.05. The summed E-state index contributed by atoms with van der Waals surface area (Å²) in [5.74, 6) is 0.188. The normalized spacial score (nSPS) is 27.1. The zero-order chi connectivity index (χ0) is 12.8. The molecule has 0 aromatic heterocycles. The Balaban J connectivity index is 1.82. The minimum atomic E-state index is 0.0475. The van der Waals surface area contributed by atoms with E-state index in [0.29, 0.717) is 13.2 Å². The van der Waals surface area contributed by atoms with Crippen LogP contribution in [0.3, 0.4) is 0 Å². The average Bonchev–Trinajstić information content (AvgIpc) is 2.91. The van der Waals surface area contributed by atoms with Crippen molar-refractivity contribution in [2.75, 3.05) is 46.6 Å². The van der Waals surface area contributed by atoms with Crippen LogP contribution < -0.4 is 10.6 Å². The Bertz CT molecular complexity index is 266. The molecule has 18 heavy (non-hydrogen) atoms. The highest BCUT2D eigenvalue weighted by Gasteiger charge is 2.33. The number of carbonyl (C=O) groups is 1. The molecule has 1 atom stereocenters. The van der Waals surface area contributed by atoms with Crippen molar-refractivity contribution in [3.05, 3.63) is 0 Å². The van der Waals surface area contributed by atoms with Crippen molar-refractivity contribution in [1.29, 1.82) is 0 Å². The van der Waals surface area contributed by atoms with Crippen molar-refractivity contribution >= 4 is 5.91 Å². The van der Waals surface area contributed by atoms with Gasteiger partial charge >= 0.3 is 0 Å². The molecule has 5 nitrogen and oxygen atoms in total. The highest BCUT2D eigenvalue weighted by atomic mass is 16.5. The summed E-state index contributed by atoms with van der Waals surface area (Å²) >= 11 is 0. The second kappa shape index (κ2) is 6.50. The molecule has 1 amide bonds. The van der Waals surface area contributed by atoms with Gasteiger partial charge in [0, 0.05) is 25.7 Å². The molecule has 2 saturated heterocycles. The van der Waals surface area contributed by atoms with E-state index in [1.165, 1.54) is 0 Å². The predicted octanol–water partition coefficient (Wildman–Crippen LogP) is 0.155. The molecular weight excluding hydrogens is 232 g/mol. The number of nitrogens with one attached hydrogen (secondary N) is 2. The van der Waals surface area contributed by atoms with Crippen LogP contribution in [0.1, 0.15) is 19.3 Å². The molecule has 0 spiro atoms. The van der Waals surface area contributed by atoms with E-state index in [2.05, 4.69) is 10.6 Å². The van der Waals surface area contributed by atoms with Crippen LogP contribution in [-0.2, 0) is 14.3 Å². The Morgan fingerprint density at radius 2 is 2.28 bits per heavy atom. The molecule has 2 aliphatic rings. The highest BCUT2D eigenvalue weighted by Crippen LogP contribution is 2.28. The zero-order valence-corrected chi connectivity index (χ0v) is 11.2. The lowest BCUT2D eigenvalue weighted by molar-refractivity contribution is -0.125. The van der Waals surface area contributed by atoms with Gasteiger partial charge in [-0.15, -0.1) is 0 Å². The van der Waals surface area contributed by atoms with Gasteiger partial charge < -0.3 is 20.1 Å². The van der Waals surface area contributed by atoms with Gasteiger partial charge in [-0.1, -0.05) is 0 Å². The molecule has 0 saturated carbocycles. The number of ether oxygens (including phenoxy) is 2. The Hall–Kier alpha value is -0.650. The van der Waals surface area contributed by atoms with Crippen LogP contribution in [0.5, 0.6) is 0 Å². The lowest BCUT2D eigenvalue weighted by Gasteiger charge is -2.37. The van der Waals surface area contributed by atoms with Crippen LogP contribution >= 0.6 is 0 Å². The number of hydrogen-bond acceptors (Lipinski definition) is 4. The third kappa shape index (κ3) is 3.43. The van der Waals surface area contributed by atoms with E-state index >= 15 is 0 Å². The van der Waals surface area contributed by atoms with Gasteiger partial charge in [0.15, 0.2) is 0 Å². The summed E-state index contributed by atoms with van der Waals surface area (Å²) in [6, 6.07) is 0. The molecular formula is C13H24N2O3. The van der Waals surface area contributed by atoms with E-state index < -0.39 is 0 Å². The van der Waals surface area contributed by atoms with Crippen molar-refractivity contribution in [3.8, 4) is 0 Å². The maximum atomic E-state index is 12.0. The first-order chi connectivity index (χ1) is 8.76. The average molecular weight is 256 g/mol. The van der Waals surface area contributed by atoms with E-state index in [1.54, 1.807) is 7.11 Å². The van der Waals surface area contributed by atoms with Gasteiger partial charge in [0.25, 0.3) is 0 Å². The molecule has 0 aromatic rings. The van der Waals surface area contributed by atoms with E-state index in [9.17, 15) is 4.79 Å². The van der Waals surface area contributed by atoms with Gasteiger partial charge in [0.2, 0.25) is 5.91 Å². The molecule has 1 unspecified atom stereocenters. The fraction of sp³-hybridized carbons (Fsp3) is 0.923. The molecule has 0 aromatic carbocycles. The van der Waals surface area contributed by atoms with Gasteiger partial charge in [-0.25, -0.2) is 0 Å². The number of amides is 1. The summed E-state index contributed by atoms with van der Waals surface area (Å²) in [7, 11) is 1.73. The van der Waals surface area contributed by atoms with Crippen LogP contribution in [0, 0.1) is 11.3 Å². The minimum absolute atomic E-state index is 0.0475. The molecule has 2 N–H and O–H groups in total. The summed E-state index contributed by atoms with van der Waals surface area (Å²) < 4.78 is 10.6. The van der Waals surface area contributed by atoms with Crippen molar-refractivity contribution in [2.45, 2.75) is 19.3 Å².